The number of amides is 1. The predicted molar refractivity (Wildman–Crippen MR) is 68.9 cm³/mol. The molecule has 3 rings (SSSR count). The minimum Gasteiger partial charge on any atom is -0.444 e. The van der Waals surface area contributed by atoms with Crippen molar-refractivity contribution < 1.29 is 30.2 Å². The average molecular weight is 291 g/mol. The van der Waals surface area contributed by atoms with Gasteiger partial charge in [0.05, 0.1) is 27.8 Å². The van der Waals surface area contributed by atoms with Crippen LogP contribution < -0.4 is 5.32 Å². The SMILES string of the molecule is [2H]C(O)[C@H]([15NH]C(=O)OC(C)(C)C)C12OCC(C)(CO1)CO2. The molecule has 20 heavy (non-hydrogen) atoms. The summed E-state index contributed by atoms with van der Waals surface area (Å²) in [6.07, 6.45) is -0.775. The van der Waals surface area contributed by atoms with Crippen molar-refractivity contribution in [1.82, 2.24) is 5.32 Å². The molecule has 0 aromatic heterocycles. The third-order valence-corrected chi connectivity index (χ3v) is 3.07. The van der Waals surface area contributed by atoms with Crippen LogP contribution in [0.4, 0.5) is 4.79 Å². The Morgan fingerprint density at radius 2 is 1.90 bits per heavy atom. The van der Waals surface area contributed by atoms with E-state index in [-0.39, 0.29) is 5.41 Å². The molecule has 3 aliphatic heterocycles. The molecule has 0 aromatic carbocycles. The molecule has 3 saturated heterocycles. The van der Waals surface area contributed by atoms with E-state index in [1.165, 1.54) is 0 Å². The molecule has 1 amide bonds. The lowest BCUT2D eigenvalue weighted by Gasteiger charge is -2.52. The van der Waals surface area contributed by atoms with Gasteiger partial charge in [0.1, 0.15) is 11.6 Å². The van der Waals surface area contributed by atoms with E-state index in [1.54, 1.807) is 20.8 Å². The molecular formula is C13H23NO6. The Kier molecular flexibility index (Phi) is 3.62. The number of hydrogen-bond donors (Lipinski definition) is 2. The summed E-state index contributed by atoms with van der Waals surface area (Å²) >= 11 is 0. The van der Waals surface area contributed by atoms with Crippen LogP contribution in [0, 0.1) is 5.41 Å². The van der Waals surface area contributed by atoms with Crippen molar-refractivity contribution in [3.63, 3.8) is 0 Å². The average Bonchev–Trinajstić information content (AvgIpc) is 2.35. The van der Waals surface area contributed by atoms with Gasteiger partial charge in [0.25, 0.3) is 0 Å². The fraction of sp³-hybridized carbons (Fsp3) is 0.923. The van der Waals surface area contributed by atoms with E-state index in [9.17, 15) is 9.90 Å². The maximum Gasteiger partial charge on any atom is 0.408 e. The lowest BCUT2D eigenvalue weighted by Crippen LogP contribution is -2.68. The van der Waals surface area contributed by atoms with Crippen LogP contribution in [0.25, 0.3) is 0 Å². The number of carbonyl (C=O) groups is 1. The molecule has 0 saturated carbocycles. The third-order valence-electron chi connectivity index (χ3n) is 3.07. The molecule has 0 aliphatic carbocycles. The summed E-state index contributed by atoms with van der Waals surface area (Å²) in [5, 5.41) is 12.0. The number of aliphatic hydroxyl groups excluding tert-OH is 1. The zero-order chi connectivity index (χ0) is 15.9. The lowest BCUT2D eigenvalue weighted by molar-refractivity contribution is -0.474. The van der Waals surface area contributed by atoms with Crippen LogP contribution in [0.1, 0.15) is 29.1 Å². The number of ether oxygens (including phenoxy) is 4. The highest BCUT2D eigenvalue weighted by molar-refractivity contribution is 5.68. The van der Waals surface area contributed by atoms with Gasteiger partial charge >= 0.3 is 12.1 Å². The molecular weight excluding hydrogens is 267 g/mol. The minimum absolute atomic E-state index is 0.245. The Morgan fingerprint density at radius 1 is 1.40 bits per heavy atom. The topological polar surface area (TPSA) is 86.3 Å². The highest BCUT2D eigenvalue weighted by Crippen LogP contribution is 2.39. The van der Waals surface area contributed by atoms with Gasteiger partial charge in [-0.15, -0.1) is 0 Å². The standard InChI is InChI=1S/C13H23NO6/c1-11(2,3)20-10(16)14-9(5-15)13-17-6-12(4,7-18-13)8-19-13/h9,15H,5-8H2,1-4H3,(H,14,16)/t9-,12?,13?/m0/s1/i5D,14+1/t5?,9-,12?,13?. The van der Waals surface area contributed by atoms with Crippen molar-refractivity contribution in [1.29, 1.82) is 0 Å². The fourth-order valence-electron chi connectivity index (χ4n) is 2.00. The number of carbonyl (C=O) groups excluding carboxylic acids is 1. The summed E-state index contributed by atoms with van der Waals surface area (Å²) in [4.78, 5) is 11.9. The quantitative estimate of drug-likeness (QED) is 0.741. The summed E-state index contributed by atoms with van der Waals surface area (Å²) in [6.45, 7) is 6.52. The van der Waals surface area contributed by atoms with Crippen molar-refractivity contribution in [2.75, 3.05) is 26.4 Å². The number of alkyl carbamates (subject to hydrolysis) is 1. The van der Waals surface area contributed by atoms with Gasteiger partial charge < -0.3 is 29.4 Å². The molecule has 2 N–H and O–H groups in total. The number of aliphatic hydroxyl groups is 1. The highest BCUT2D eigenvalue weighted by Gasteiger charge is 2.55. The number of hydrogen-bond acceptors (Lipinski definition) is 6. The number of rotatable bonds is 3. The summed E-state index contributed by atoms with van der Waals surface area (Å²) in [6, 6.07) is -1.21. The molecule has 1 unspecified atom stereocenters. The molecule has 0 aromatic rings. The van der Waals surface area contributed by atoms with E-state index in [4.69, 9.17) is 20.3 Å². The molecule has 0 radical (unpaired) electrons. The zero-order valence-electron chi connectivity index (χ0n) is 13.3. The second-order valence-electron chi connectivity index (χ2n) is 6.55. The molecule has 116 valence electrons. The van der Waals surface area contributed by atoms with Crippen LogP contribution in [-0.4, -0.2) is 55.2 Å². The molecule has 7 heteroatoms. The molecule has 3 aliphatic rings. The Hall–Kier alpha value is -0.890. The summed E-state index contributed by atoms with van der Waals surface area (Å²) in [7, 11) is 0. The first-order chi connectivity index (χ1) is 9.55. The monoisotopic (exact) mass is 291 g/mol. The van der Waals surface area contributed by atoms with E-state index < -0.39 is 30.3 Å². The van der Waals surface area contributed by atoms with Crippen molar-refractivity contribution in [3.8, 4) is 0 Å². The van der Waals surface area contributed by atoms with E-state index in [0.717, 1.165) is 0 Å². The molecule has 2 atom stereocenters. The van der Waals surface area contributed by atoms with Gasteiger partial charge in [-0.05, 0) is 20.8 Å². The summed E-state index contributed by atoms with van der Waals surface area (Å²) < 4.78 is 29.2. The smallest absolute Gasteiger partial charge is 0.408 e. The van der Waals surface area contributed by atoms with Crippen molar-refractivity contribution in [2.24, 2.45) is 5.41 Å². The van der Waals surface area contributed by atoms with Crippen LogP contribution in [-0.2, 0) is 18.9 Å². The zero-order valence-corrected chi connectivity index (χ0v) is 12.3. The minimum atomic E-state index is -1.68. The maximum atomic E-state index is 11.9. The normalized spacial score (nSPS) is 37.0. The number of fused-ring (bicyclic) bond motifs is 3. The van der Waals surface area contributed by atoms with Crippen LogP contribution in [0.5, 0.6) is 0 Å². The van der Waals surface area contributed by atoms with Crippen LogP contribution >= 0.6 is 0 Å². The Labute approximate surface area is 119 Å². The van der Waals surface area contributed by atoms with Gasteiger partial charge in [-0.1, -0.05) is 6.92 Å². The fourth-order valence-corrected chi connectivity index (χ4v) is 2.00. The van der Waals surface area contributed by atoms with Crippen molar-refractivity contribution in [3.05, 3.63) is 0 Å². The first-order valence-corrected chi connectivity index (χ1v) is 6.57. The molecule has 3 fully saturated rings. The molecule has 0 spiro atoms. The molecule has 2 bridgehead atoms. The summed E-state index contributed by atoms with van der Waals surface area (Å²) in [5.74, 6) is -1.64. The van der Waals surface area contributed by atoms with Gasteiger partial charge in [-0.3, -0.25) is 0 Å². The second-order valence-corrected chi connectivity index (χ2v) is 6.55. The highest BCUT2D eigenvalue weighted by atomic mass is 16.9. The van der Waals surface area contributed by atoms with Crippen molar-refractivity contribution in [2.45, 2.75) is 45.3 Å². The number of nitrogens with one attached hydrogen (secondary N) is 1. The van der Waals surface area contributed by atoms with Gasteiger partial charge in [0.15, 0.2) is 0 Å². The molecule has 7 nitrogen and oxygen atoms in total. The van der Waals surface area contributed by atoms with E-state index >= 15 is 0 Å². The first kappa shape index (κ1) is 14.1. The third kappa shape index (κ3) is 3.22. The predicted octanol–water partition coefficient (Wildman–Crippen LogP) is 0.609. The van der Waals surface area contributed by atoms with Gasteiger partial charge in [0.2, 0.25) is 0 Å². The first-order valence-electron chi connectivity index (χ1n) is 7.15. The Balaban J connectivity index is 2.08. The van der Waals surface area contributed by atoms with Crippen LogP contribution in [0.15, 0.2) is 0 Å². The maximum absolute atomic E-state index is 11.9. The largest absolute Gasteiger partial charge is 0.444 e. The molecule has 3 heterocycles. The van der Waals surface area contributed by atoms with E-state index in [0.29, 0.717) is 19.8 Å². The summed E-state index contributed by atoms with van der Waals surface area (Å²) in [5.41, 5.74) is -0.940. The van der Waals surface area contributed by atoms with Crippen LogP contribution in [0.3, 0.4) is 0 Å². The van der Waals surface area contributed by atoms with Crippen molar-refractivity contribution >= 4 is 6.09 Å². The lowest BCUT2D eigenvalue weighted by atomic mass is 9.91. The Bertz CT molecular complexity index is 383. The van der Waals surface area contributed by atoms with E-state index in [1.807, 2.05) is 6.92 Å². The van der Waals surface area contributed by atoms with Gasteiger partial charge in [-0.2, -0.15) is 0 Å². The van der Waals surface area contributed by atoms with Gasteiger partial charge in [0, 0.05) is 5.41 Å². The van der Waals surface area contributed by atoms with Gasteiger partial charge in [-0.25, -0.2) is 4.79 Å². The van der Waals surface area contributed by atoms with Crippen LogP contribution in [0.2, 0.25) is 0 Å². The second kappa shape index (κ2) is 5.14. The van der Waals surface area contributed by atoms with E-state index in [2.05, 4.69) is 5.32 Å². The Morgan fingerprint density at radius 3 is 2.30 bits per heavy atom.